The molecule has 0 aromatic heterocycles. The van der Waals surface area contributed by atoms with Gasteiger partial charge < -0.3 is 0 Å². The van der Waals surface area contributed by atoms with Gasteiger partial charge in [-0.2, -0.15) is 0 Å². The predicted octanol–water partition coefficient (Wildman–Crippen LogP) is 3.98. The number of fused-ring (bicyclic) bond motifs is 1. The summed E-state index contributed by atoms with van der Waals surface area (Å²) in [7, 11) is 0. The summed E-state index contributed by atoms with van der Waals surface area (Å²) in [5.74, 6) is -0.403. The Hall–Kier alpha value is -2.16. The number of imide groups is 1. The molecule has 0 unspecified atom stereocenters. The molecule has 1 aliphatic rings. The fraction of sp³-hybridized carbons (Fsp3) is 0.333. The standard InChI is InChI=1S/C18H21NO2/c1-2-3-4-5-6-7-8-11-14-19-17(20)15-12-9-10-13-16(15)18(19)21/h6-13H,2-5,14H2,1H3/b7-6+,11-8+. The number of hydrogen-bond donors (Lipinski definition) is 0. The Labute approximate surface area is 126 Å². The second-order valence-electron chi connectivity index (χ2n) is 5.12. The summed E-state index contributed by atoms with van der Waals surface area (Å²) in [5, 5.41) is 0. The SMILES string of the molecule is CCCCC/C=C/C=C/CN1C(=O)c2ccccc2C1=O. The minimum Gasteiger partial charge on any atom is -0.270 e. The minimum atomic E-state index is -0.202. The number of unbranched alkanes of at least 4 members (excludes halogenated alkanes) is 3. The van der Waals surface area contributed by atoms with Gasteiger partial charge in [0, 0.05) is 6.54 Å². The van der Waals surface area contributed by atoms with E-state index in [2.05, 4.69) is 13.0 Å². The molecule has 1 aliphatic heterocycles. The summed E-state index contributed by atoms with van der Waals surface area (Å²) < 4.78 is 0. The van der Waals surface area contributed by atoms with Crippen molar-refractivity contribution >= 4 is 11.8 Å². The van der Waals surface area contributed by atoms with Crippen molar-refractivity contribution in [3.63, 3.8) is 0 Å². The molecule has 3 heteroatoms. The molecular weight excluding hydrogens is 262 g/mol. The van der Waals surface area contributed by atoms with Crippen LogP contribution in [0.1, 0.15) is 53.3 Å². The monoisotopic (exact) mass is 283 g/mol. The highest BCUT2D eigenvalue weighted by Gasteiger charge is 2.33. The van der Waals surface area contributed by atoms with Gasteiger partial charge >= 0.3 is 0 Å². The van der Waals surface area contributed by atoms with Crippen LogP contribution in [0.4, 0.5) is 0 Å². The summed E-state index contributed by atoms with van der Waals surface area (Å²) in [6.45, 7) is 2.51. The number of allylic oxidation sites excluding steroid dienone is 3. The van der Waals surface area contributed by atoms with Crippen LogP contribution in [0.15, 0.2) is 48.6 Å². The van der Waals surface area contributed by atoms with Crippen molar-refractivity contribution in [2.75, 3.05) is 6.54 Å². The third-order valence-electron chi connectivity index (χ3n) is 3.52. The highest BCUT2D eigenvalue weighted by Crippen LogP contribution is 2.21. The molecule has 0 saturated heterocycles. The fourth-order valence-corrected chi connectivity index (χ4v) is 2.34. The van der Waals surface area contributed by atoms with Crippen molar-refractivity contribution in [1.29, 1.82) is 0 Å². The maximum atomic E-state index is 12.1. The molecule has 110 valence electrons. The molecule has 0 saturated carbocycles. The average Bonchev–Trinajstić information content (AvgIpc) is 2.75. The van der Waals surface area contributed by atoms with Crippen LogP contribution in [0, 0.1) is 0 Å². The van der Waals surface area contributed by atoms with E-state index in [-0.39, 0.29) is 11.8 Å². The van der Waals surface area contributed by atoms with Crippen molar-refractivity contribution in [1.82, 2.24) is 4.90 Å². The summed E-state index contributed by atoms with van der Waals surface area (Å²) in [6, 6.07) is 6.96. The highest BCUT2D eigenvalue weighted by molar-refractivity contribution is 6.21. The molecule has 0 radical (unpaired) electrons. The fourth-order valence-electron chi connectivity index (χ4n) is 2.34. The molecule has 0 fully saturated rings. The third-order valence-corrected chi connectivity index (χ3v) is 3.52. The third kappa shape index (κ3) is 3.69. The number of benzene rings is 1. The topological polar surface area (TPSA) is 37.4 Å². The van der Waals surface area contributed by atoms with Crippen LogP contribution in [0.3, 0.4) is 0 Å². The zero-order valence-corrected chi connectivity index (χ0v) is 12.4. The molecule has 21 heavy (non-hydrogen) atoms. The molecule has 1 aromatic carbocycles. The summed E-state index contributed by atoms with van der Waals surface area (Å²) in [6.07, 6.45) is 12.6. The lowest BCUT2D eigenvalue weighted by molar-refractivity contribution is 0.0672. The molecular formula is C18H21NO2. The zero-order chi connectivity index (χ0) is 15.1. The second kappa shape index (κ2) is 7.58. The Morgan fingerprint density at radius 1 is 0.952 bits per heavy atom. The van der Waals surface area contributed by atoms with E-state index in [4.69, 9.17) is 0 Å². The van der Waals surface area contributed by atoms with Gasteiger partial charge in [0.15, 0.2) is 0 Å². The molecule has 0 spiro atoms. The molecule has 3 nitrogen and oxygen atoms in total. The Morgan fingerprint density at radius 3 is 2.19 bits per heavy atom. The maximum absolute atomic E-state index is 12.1. The first-order chi connectivity index (χ1) is 10.3. The van der Waals surface area contributed by atoms with E-state index < -0.39 is 0 Å². The van der Waals surface area contributed by atoms with Gasteiger partial charge in [0.25, 0.3) is 11.8 Å². The molecule has 1 aromatic rings. The first-order valence-electron chi connectivity index (χ1n) is 7.52. The Kier molecular flexibility index (Phi) is 5.50. The number of carbonyl (C=O) groups is 2. The van der Waals surface area contributed by atoms with Gasteiger partial charge in [-0.1, -0.05) is 56.2 Å². The second-order valence-corrected chi connectivity index (χ2v) is 5.12. The van der Waals surface area contributed by atoms with E-state index in [9.17, 15) is 9.59 Å². The van der Waals surface area contributed by atoms with Crippen LogP contribution in [-0.4, -0.2) is 23.3 Å². The smallest absolute Gasteiger partial charge is 0.261 e. The molecule has 1 heterocycles. The predicted molar refractivity (Wildman–Crippen MR) is 84.2 cm³/mol. The minimum absolute atomic E-state index is 0.202. The molecule has 2 amide bonds. The Bertz CT molecular complexity index is 537. The van der Waals surface area contributed by atoms with Gasteiger partial charge in [-0.05, 0) is 25.0 Å². The Morgan fingerprint density at radius 2 is 1.57 bits per heavy atom. The summed E-state index contributed by atoms with van der Waals surface area (Å²) in [5.41, 5.74) is 1.01. The number of hydrogen-bond acceptors (Lipinski definition) is 2. The van der Waals surface area contributed by atoms with E-state index in [1.165, 1.54) is 24.2 Å². The molecule has 0 aliphatic carbocycles. The van der Waals surface area contributed by atoms with Crippen LogP contribution < -0.4 is 0 Å². The van der Waals surface area contributed by atoms with Gasteiger partial charge in [0.1, 0.15) is 0 Å². The number of amides is 2. The van der Waals surface area contributed by atoms with Crippen molar-refractivity contribution in [2.45, 2.75) is 32.6 Å². The van der Waals surface area contributed by atoms with Crippen molar-refractivity contribution < 1.29 is 9.59 Å². The van der Waals surface area contributed by atoms with Gasteiger partial charge in [-0.3, -0.25) is 14.5 Å². The first kappa shape index (κ1) is 15.2. The van der Waals surface area contributed by atoms with Crippen LogP contribution in [0.25, 0.3) is 0 Å². The summed E-state index contributed by atoms with van der Waals surface area (Å²) >= 11 is 0. The van der Waals surface area contributed by atoms with Gasteiger partial charge in [0.05, 0.1) is 11.1 Å². The van der Waals surface area contributed by atoms with Crippen LogP contribution in [-0.2, 0) is 0 Å². The van der Waals surface area contributed by atoms with E-state index in [0.717, 1.165) is 6.42 Å². The molecule has 0 atom stereocenters. The van der Waals surface area contributed by atoms with E-state index in [0.29, 0.717) is 17.7 Å². The number of carbonyl (C=O) groups excluding carboxylic acids is 2. The van der Waals surface area contributed by atoms with E-state index >= 15 is 0 Å². The van der Waals surface area contributed by atoms with Crippen LogP contribution in [0.5, 0.6) is 0 Å². The Balaban J connectivity index is 1.85. The normalized spacial score (nSPS) is 14.6. The first-order valence-corrected chi connectivity index (χ1v) is 7.52. The van der Waals surface area contributed by atoms with E-state index in [1.54, 1.807) is 24.3 Å². The average molecular weight is 283 g/mol. The van der Waals surface area contributed by atoms with Crippen molar-refractivity contribution in [3.05, 3.63) is 59.7 Å². The number of rotatable bonds is 7. The largest absolute Gasteiger partial charge is 0.270 e. The quantitative estimate of drug-likeness (QED) is 0.431. The van der Waals surface area contributed by atoms with Gasteiger partial charge in [0.2, 0.25) is 0 Å². The lowest BCUT2D eigenvalue weighted by Crippen LogP contribution is -2.29. The van der Waals surface area contributed by atoms with Crippen molar-refractivity contribution in [3.8, 4) is 0 Å². The highest BCUT2D eigenvalue weighted by atomic mass is 16.2. The zero-order valence-electron chi connectivity index (χ0n) is 12.4. The lowest BCUT2D eigenvalue weighted by Gasteiger charge is -2.09. The van der Waals surface area contributed by atoms with Crippen LogP contribution in [0.2, 0.25) is 0 Å². The van der Waals surface area contributed by atoms with E-state index in [1.807, 2.05) is 18.2 Å². The van der Waals surface area contributed by atoms with Gasteiger partial charge in [-0.15, -0.1) is 0 Å². The molecule has 2 rings (SSSR count). The van der Waals surface area contributed by atoms with Gasteiger partial charge in [-0.25, -0.2) is 0 Å². The maximum Gasteiger partial charge on any atom is 0.261 e. The van der Waals surface area contributed by atoms with Crippen LogP contribution >= 0.6 is 0 Å². The molecule has 0 bridgehead atoms. The number of nitrogens with zero attached hydrogens (tertiary/aromatic N) is 1. The lowest BCUT2D eigenvalue weighted by atomic mass is 10.1. The van der Waals surface area contributed by atoms with Crippen molar-refractivity contribution in [2.24, 2.45) is 0 Å². The summed E-state index contributed by atoms with van der Waals surface area (Å²) in [4.78, 5) is 25.5. The molecule has 0 N–H and O–H groups in total.